The highest BCUT2D eigenvalue weighted by Crippen LogP contribution is 2.27. The van der Waals surface area contributed by atoms with E-state index in [2.05, 4.69) is 38.1 Å². The Morgan fingerprint density at radius 1 is 0.923 bits per heavy atom. The van der Waals surface area contributed by atoms with Crippen molar-refractivity contribution >= 4 is 6.08 Å². The summed E-state index contributed by atoms with van der Waals surface area (Å²) >= 11 is 0. The quantitative estimate of drug-likeness (QED) is 0.245. The number of rotatable bonds is 15. The van der Waals surface area contributed by atoms with Crippen molar-refractivity contribution in [3.63, 3.8) is 0 Å². The summed E-state index contributed by atoms with van der Waals surface area (Å²) in [6, 6.07) is 8.35. The van der Waals surface area contributed by atoms with E-state index in [4.69, 9.17) is 9.47 Å². The summed E-state index contributed by atoms with van der Waals surface area (Å²) < 4.78 is 11.1. The zero-order valence-corrected chi connectivity index (χ0v) is 17.0. The molecule has 0 radical (unpaired) electrons. The molecule has 1 unspecified atom stereocenters. The zero-order valence-electron chi connectivity index (χ0n) is 17.0. The summed E-state index contributed by atoms with van der Waals surface area (Å²) in [5.74, 6) is 0.925. The average Bonchev–Trinajstić information content (AvgIpc) is 3.40. The maximum Gasteiger partial charge on any atom is 0.123 e. The smallest absolute Gasteiger partial charge is 0.123 e. The minimum absolute atomic E-state index is 0.0480. The van der Waals surface area contributed by atoms with E-state index in [0.29, 0.717) is 6.61 Å². The summed E-state index contributed by atoms with van der Waals surface area (Å²) in [6.45, 7) is 5.81. The van der Waals surface area contributed by atoms with Gasteiger partial charge in [0.25, 0.3) is 0 Å². The molecule has 1 atom stereocenters. The lowest BCUT2D eigenvalue weighted by Crippen LogP contribution is -2.16. The van der Waals surface area contributed by atoms with E-state index in [0.717, 1.165) is 12.4 Å². The van der Waals surface area contributed by atoms with E-state index in [1.807, 2.05) is 12.1 Å². The Bertz CT molecular complexity index is 499. The zero-order chi connectivity index (χ0) is 18.5. The van der Waals surface area contributed by atoms with Crippen LogP contribution in [0.15, 0.2) is 30.3 Å². The SMILES string of the molecule is CCCCCCCCCCCC/C=C/c1ccc(OCC2(C)CO2)cc1. The van der Waals surface area contributed by atoms with Crippen molar-refractivity contribution in [3.8, 4) is 5.75 Å². The first-order valence-corrected chi connectivity index (χ1v) is 10.8. The van der Waals surface area contributed by atoms with Crippen molar-refractivity contribution in [3.05, 3.63) is 35.9 Å². The number of ether oxygens (including phenoxy) is 2. The topological polar surface area (TPSA) is 21.8 Å². The summed E-state index contributed by atoms with van der Waals surface area (Å²) in [7, 11) is 0. The Hall–Kier alpha value is -1.28. The number of hydrogen-bond donors (Lipinski definition) is 0. The third-order valence-electron chi connectivity index (χ3n) is 5.10. The highest BCUT2D eigenvalue weighted by Gasteiger charge is 2.40. The first-order valence-electron chi connectivity index (χ1n) is 10.8. The van der Waals surface area contributed by atoms with Gasteiger partial charge in [0.15, 0.2) is 0 Å². The average molecular weight is 359 g/mol. The van der Waals surface area contributed by atoms with Crippen LogP contribution in [0.5, 0.6) is 5.75 Å². The third kappa shape index (κ3) is 9.43. The molecule has 2 rings (SSSR count). The van der Waals surface area contributed by atoms with Crippen molar-refractivity contribution in [2.45, 2.75) is 90.1 Å². The van der Waals surface area contributed by atoms with Gasteiger partial charge in [0.2, 0.25) is 0 Å². The first kappa shape index (κ1) is 21.0. The van der Waals surface area contributed by atoms with Crippen molar-refractivity contribution < 1.29 is 9.47 Å². The third-order valence-corrected chi connectivity index (χ3v) is 5.10. The van der Waals surface area contributed by atoms with Crippen LogP contribution >= 0.6 is 0 Å². The molecule has 0 aromatic heterocycles. The molecule has 0 aliphatic carbocycles. The van der Waals surface area contributed by atoms with E-state index < -0.39 is 0 Å². The van der Waals surface area contributed by atoms with Crippen LogP contribution in [0.25, 0.3) is 6.08 Å². The van der Waals surface area contributed by atoms with Gasteiger partial charge >= 0.3 is 0 Å². The summed E-state index contributed by atoms with van der Waals surface area (Å²) in [4.78, 5) is 0. The van der Waals surface area contributed by atoms with Gasteiger partial charge in [-0.3, -0.25) is 0 Å². The van der Waals surface area contributed by atoms with E-state index in [1.54, 1.807) is 0 Å². The van der Waals surface area contributed by atoms with E-state index >= 15 is 0 Å². The van der Waals surface area contributed by atoms with Gasteiger partial charge in [0.1, 0.15) is 18.0 Å². The highest BCUT2D eigenvalue weighted by atomic mass is 16.6. The predicted molar refractivity (Wildman–Crippen MR) is 112 cm³/mol. The summed E-state index contributed by atoms with van der Waals surface area (Å²) in [5.41, 5.74) is 1.20. The van der Waals surface area contributed by atoms with Crippen LogP contribution in [0.4, 0.5) is 0 Å². The molecule has 0 saturated carbocycles. The first-order chi connectivity index (χ1) is 12.7. The Morgan fingerprint density at radius 3 is 2.08 bits per heavy atom. The largest absolute Gasteiger partial charge is 0.491 e. The molecule has 0 N–H and O–H groups in total. The molecule has 1 aromatic carbocycles. The molecule has 146 valence electrons. The van der Waals surface area contributed by atoms with Crippen molar-refractivity contribution in [2.24, 2.45) is 0 Å². The number of benzene rings is 1. The van der Waals surface area contributed by atoms with Crippen molar-refractivity contribution in [1.29, 1.82) is 0 Å². The van der Waals surface area contributed by atoms with Gasteiger partial charge in [-0.1, -0.05) is 89.0 Å². The van der Waals surface area contributed by atoms with Gasteiger partial charge in [-0.15, -0.1) is 0 Å². The monoisotopic (exact) mass is 358 g/mol. The fourth-order valence-corrected chi connectivity index (χ4v) is 3.09. The van der Waals surface area contributed by atoms with Crippen LogP contribution in [-0.4, -0.2) is 18.8 Å². The predicted octanol–water partition coefficient (Wildman–Crippen LogP) is 7.18. The number of hydrogen-bond acceptors (Lipinski definition) is 2. The van der Waals surface area contributed by atoms with Crippen LogP contribution in [0.2, 0.25) is 0 Å². The molecule has 1 aliphatic heterocycles. The second kappa shape index (κ2) is 12.2. The van der Waals surface area contributed by atoms with Gasteiger partial charge < -0.3 is 9.47 Å². The molecular formula is C24H38O2. The summed E-state index contributed by atoms with van der Waals surface area (Å²) in [5, 5.41) is 0. The molecule has 1 aromatic rings. The van der Waals surface area contributed by atoms with Gasteiger partial charge in [0.05, 0.1) is 6.61 Å². The van der Waals surface area contributed by atoms with E-state index in [9.17, 15) is 0 Å². The van der Waals surface area contributed by atoms with Crippen LogP contribution < -0.4 is 4.74 Å². The molecule has 2 heteroatoms. The van der Waals surface area contributed by atoms with Crippen LogP contribution in [0.1, 0.15) is 90.0 Å². The van der Waals surface area contributed by atoms with E-state index in [1.165, 1.54) is 76.2 Å². The van der Waals surface area contributed by atoms with Crippen molar-refractivity contribution in [1.82, 2.24) is 0 Å². The molecule has 1 aliphatic rings. The van der Waals surface area contributed by atoms with Crippen molar-refractivity contribution in [2.75, 3.05) is 13.2 Å². The lowest BCUT2D eigenvalue weighted by Gasteiger charge is -2.08. The van der Waals surface area contributed by atoms with Gasteiger partial charge in [-0.05, 0) is 37.5 Å². The maximum absolute atomic E-state index is 5.76. The van der Waals surface area contributed by atoms with Crippen LogP contribution in [-0.2, 0) is 4.74 Å². The lowest BCUT2D eigenvalue weighted by molar-refractivity contribution is 0.202. The molecule has 0 spiro atoms. The number of allylic oxidation sites excluding steroid dienone is 1. The molecule has 1 fully saturated rings. The van der Waals surface area contributed by atoms with Crippen LogP contribution in [0.3, 0.4) is 0 Å². The maximum atomic E-state index is 5.76. The fraction of sp³-hybridized carbons (Fsp3) is 0.667. The van der Waals surface area contributed by atoms with E-state index in [-0.39, 0.29) is 5.60 Å². The Morgan fingerprint density at radius 2 is 1.50 bits per heavy atom. The van der Waals surface area contributed by atoms with Gasteiger partial charge in [-0.25, -0.2) is 0 Å². The van der Waals surface area contributed by atoms with Crippen LogP contribution in [0, 0.1) is 0 Å². The Balaban J connectivity index is 1.45. The van der Waals surface area contributed by atoms with Gasteiger partial charge in [-0.2, -0.15) is 0 Å². The van der Waals surface area contributed by atoms with Gasteiger partial charge in [0, 0.05) is 0 Å². The second-order valence-corrected chi connectivity index (χ2v) is 7.97. The number of unbranched alkanes of at least 4 members (excludes halogenated alkanes) is 10. The second-order valence-electron chi connectivity index (χ2n) is 7.97. The minimum atomic E-state index is -0.0480. The molecule has 1 heterocycles. The molecular weight excluding hydrogens is 320 g/mol. The molecule has 26 heavy (non-hydrogen) atoms. The normalized spacial score (nSPS) is 19.2. The molecule has 0 amide bonds. The Kier molecular flexibility index (Phi) is 9.84. The molecule has 2 nitrogen and oxygen atoms in total. The molecule has 0 bridgehead atoms. The standard InChI is InChI=1S/C24H38O2/c1-3-4-5-6-7-8-9-10-11-12-13-14-15-22-16-18-23(19-17-22)25-20-24(2)21-26-24/h14-19H,3-13,20-21H2,1-2H3/b15-14+. The minimum Gasteiger partial charge on any atom is -0.491 e. The highest BCUT2D eigenvalue weighted by molar-refractivity contribution is 5.50. The lowest BCUT2D eigenvalue weighted by atomic mass is 10.1. The summed E-state index contributed by atoms with van der Waals surface area (Å²) in [6.07, 6.45) is 19.7. The fourth-order valence-electron chi connectivity index (χ4n) is 3.09. The Labute approximate surface area is 161 Å². The number of epoxide rings is 1. The molecule has 1 saturated heterocycles.